The molecule has 2 heteroatoms. The van der Waals surface area contributed by atoms with Crippen LogP contribution in [-0.4, -0.2) is 17.8 Å². The number of likely N-dealkylation sites (N-methyl/N-ethyl adjacent to an activating group) is 1. The highest BCUT2D eigenvalue weighted by molar-refractivity contribution is 5.28. The fraction of sp³-hybridized carbons (Fsp3) is 0.571. The van der Waals surface area contributed by atoms with Gasteiger partial charge in [-0.05, 0) is 37.9 Å². The predicted molar refractivity (Wildman–Crippen MR) is 68.6 cm³/mol. The summed E-state index contributed by atoms with van der Waals surface area (Å²) in [5, 5.41) is 13.2. The molecule has 1 unspecified atom stereocenters. The van der Waals surface area contributed by atoms with Gasteiger partial charge in [-0.25, -0.2) is 0 Å². The van der Waals surface area contributed by atoms with E-state index < -0.39 is 5.60 Å². The molecule has 1 aromatic rings. The van der Waals surface area contributed by atoms with Crippen molar-refractivity contribution in [3.05, 3.63) is 35.4 Å². The molecule has 90 valence electrons. The van der Waals surface area contributed by atoms with Crippen molar-refractivity contribution in [2.24, 2.45) is 0 Å². The van der Waals surface area contributed by atoms with E-state index in [1.165, 1.54) is 5.56 Å². The molecular formula is C14H23NO. The first-order chi connectivity index (χ1) is 7.36. The zero-order valence-corrected chi connectivity index (χ0v) is 10.9. The Morgan fingerprint density at radius 2 is 1.50 bits per heavy atom. The summed E-state index contributed by atoms with van der Waals surface area (Å²) < 4.78 is 0. The first-order valence-electron chi connectivity index (χ1n) is 5.85. The molecule has 0 saturated carbocycles. The van der Waals surface area contributed by atoms with Gasteiger partial charge < -0.3 is 10.4 Å². The van der Waals surface area contributed by atoms with Gasteiger partial charge in [-0.15, -0.1) is 0 Å². The van der Waals surface area contributed by atoms with Crippen molar-refractivity contribution < 1.29 is 5.11 Å². The van der Waals surface area contributed by atoms with Crippen molar-refractivity contribution in [1.29, 1.82) is 0 Å². The van der Waals surface area contributed by atoms with E-state index in [1.54, 1.807) is 0 Å². The number of nitrogens with one attached hydrogen (secondary N) is 1. The van der Waals surface area contributed by atoms with E-state index in [-0.39, 0.29) is 6.04 Å². The largest absolute Gasteiger partial charge is 0.388 e. The topological polar surface area (TPSA) is 32.3 Å². The lowest BCUT2D eigenvalue weighted by molar-refractivity contribution is 0.0400. The van der Waals surface area contributed by atoms with Gasteiger partial charge in [0.25, 0.3) is 0 Å². The van der Waals surface area contributed by atoms with Crippen LogP contribution in [0.25, 0.3) is 0 Å². The maximum absolute atomic E-state index is 10.0. The van der Waals surface area contributed by atoms with Crippen molar-refractivity contribution in [1.82, 2.24) is 5.32 Å². The minimum atomic E-state index is -0.756. The van der Waals surface area contributed by atoms with Crippen molar-refractivity contribution in [3.8, 4) is 0 Å². The van der Waals surface area contributed by atoms with Gasteiger partial charge in [-0.1, -0.05) is 38.1 Å². The first-order valence-corrected chi connectivity index (χ1v) is 5.85. The zero-order chi connectivity index (χ0) is 12.3. The van der Waals surface area contributed by atoms with Gasteiger partial charge in [0.1, 0.15) is 0 Å². The molecule has 0 fully saturated rings. The van der Waals surface area contributed by atoms with Crippen LogP contribution in [0.15, 0.2) is 24.3 Å². The molecule has 0 heterocycles. The molecule has 1 atom stereocenters. The molecule has 0 aliphatic rings. The number of benzene rings is 1. The molecule has 0 aliphatic heterocycles. The molecule has 0 spiro atoms. The molecule has 0 saturated heterocycles. The minimum absolute atomic E-state index is 0.0336. The molecule has 2 N–H and O–H groups in total. The van der Waals surface area contributed by atoms with E-state index in [9.17, 15) is 5.11 Å². The highest BCUT2D eigenvalue weighted by atomic mass is 16.3. The Labute approximate surface area is 98.7 Å². The lowest BCUT2D eigenvalue weighted by atomic mass is 9.90. The molecule has 0 aliphatic carbocycles. The van der Waals surface area contributed by atoms with E-state index in [2.05, 4.69) is 43.4 Å². The molecule has 0 bridgehead atoms. The summed E-state index contributed by atoms with van der Waals surface area (Å²) in [7, 11) is 1.87. The van der Waals surface area contributed by atoms with Crippen molar-refractivity contribution in [2.45, 2.75) is 45.3 Å². The Kier molecular flexibility index (Phi) is 4.11. The lowest BCUT2D eigenvalue weighted by Gasteiger charge is -2.29. The van der Waals surface area contributed by atoms with Crippen LogP contribution in [0, 0.1) is 0 Å². The fourth-order valence-electron chi connectivity index (χ4n) is 2.00. The number of hydrogen-bond acceptors (Lipinski definition) is 2. The van der Waals surface area contributed by atoms with Crippen molar-refractivity contribution >= 4 is 0 Å². The zero-order valence-electron chi connectivity index (χ0n) is 10.9. The predicted octanol–water partition coefficient (Wildman–Crippen LogP) is 2.84. The average Bonchev–Trinajstić information content (AvgIpc) is 2.17. The normalized spacial score (nSPS) is 14.2. The van der Waals surface area contributed by atoms with Crippen molar-refractivity contribution in [2.75, 3.05) is 7.05 Å². The Morgan fingerprint density at radius 3 is 1.81 bits per heavy atom. The minimum Gasteiger partial charge on any atom is -0.388 e. The molecular weight excluding hydrogens is 198 g/mol. The number of hydrogen-bond donors (Lipinski definition) is 2. The molecule has 0 amide bonds. The highest BCUT2D eigenvalue weighted by Gasteiger charge is 2.26. The maximum atomic E-state index is 10.0. The van der Waals surface area contributed by atoms with Crippen LogP contribution < -0.4 is 5.32 Å². The van der Waals surface area contributed by atoms with E-state index >= 15 is 0 Å². The van der Waals surface area contributed by atoms with Crippen LogP contribution in [0.2, 0.25) is 0 Å². The van der Waals surface area contributed by atoms with Crippen LogP contribution in [0.3, 0.4) is 0 Å². The van der Waals surface area contributed by atoms with Crippen LogP contribution in [-0.2, 0) is 0 Å². The summed E-state index contributed by atoms with van der Waals surface area (Å²) in [5.74, 6) is 0.546. The van der Waals surface area contributed by atoms with Gasteiger partial charge in [-0.2, -0.15) is 0 Å². The summed E-state index contributed by atoms with van der Waals surface area (Å²) >= 11 is 0. The van der Waals surface area contributed by atoms with E-state index in [1.807, 2.05) is 20.9 Å². The van der Waals surface area contributed by atoms with Crippen LogP contribution in [0.1, 0.15) is 50.8 Å². The van der Waals surface area contributed by atoms with E-state index in [0.717, 1.165) is 5.56 Å². The summed E-state index contributed by atoms with van der Waals surface area (Å²) in [6.07, 6.45) is 0. The first kappa shape index (κ1) is 13.2. The summed E-state index contributed by atoms with van der Waals surface area (Å²) in [6.45, 7) is 8.01. The van der Waals surface area contributed by atoms with Gasteiger partial charge in [0.05, 0.1) is 11.6 Å². The second-order valence-electron chi connectivity index (χ2n) is 5.20. The number of rotatable bonds is 4. The van der Waals surface area contributed by atoms with E-state index in [0.29, 0.717) is 5.92 Å². The monoisotopic (exact) mass is 221 g/mol. The number of aliphatic hydroxyl groups is 1. The van der Waals surface area contributed by atoms with Crippen LogP contribution >= 0.6 is 0 Å². The van der Waals surface area contributed by atoms with Gasteiger partial charge >= 0.3 is 0 Å². The summed E-state index contributed by atoms with van der Waals surface area (Å²) in [5.41, 5.74) is 1.70. The second kappa shape index (κ2) is 4.98. The maximum Gasteiger partial charge on any atom is 0.0785 e. The second-order valence-corrected chi connectivity index (χ2v) is 5.20. The Morgan fingerprint density at radius 1 is 1.06 bits per heavy atom. The summed E-state index contributed by atoms with van der Waals surface area (Å²) in [6, 6.07) is 8.42. The SMILES string of the molecule is CNC(c1ccc(C(C)C)cc1)C(C)(C)O. The lowest BCUT2D eigenvalue weighted by Crippen LogP contribution is -2.37. The molecule has 0 radical (unpaired) electrons. The van der Waals surface area contributed by atoms with E-state index in [4.69, 9.17) is 0 Å². The fourth-order valence-corrected chi connectivity index (χ4v) is 2.00. The Hall–Kier alpha value is -0.860. The third kappa shape index (κ3) is 3.06. The van der Waals surface area contributed by atoms with Gasteiger partial charge in [0.2, 0.25) is 0 Å². The van der Waals surface area contributed by atoms with Gasteiger partial charge in [-0.3, -0.25) is 0 Å². The third-order valence-corrected chi connectivity index (χ3v) is 2.93. The van der Waals surface area contributed by atoms with Gasteiger partial charge in [0.15, 0.2) is 0 Å². The van der Waals surface area contributed by atoms with Crippen molar-refractivity contribution in [3.63, 3.8) is 0 Å². The Bertz CT molecular complexity index is 322. The molecule has 1 rings (SSSR count). The van der Waals surface area contributed by atoms with Crippen LogP contribution in [0.5, 0.6) is 0 Å². The highest BCUT2D eigenvalue weighted by Crippen LogP contribution is 2.26. The molecule has 1 aromatic carbocycles. The standard InChI is InChI=1S/C14H23NO/c1-10(2)11-6-8-12(9-7-11)13(15-5)14(3,4)16/h6-10,13,15-16H,1-5H3. The quantitative estimate of drug-likeness (QED) is 0.819. The molecule has 2 nitrogen and oxygen atoms in total. The third-order valence-electron chi connectivity index (χ3n) is 2.93. The Balaban J connectivity index is 2.96. The van der Waals surface area contributed by atoms with Crippen LogP contribution in [0.4, 0.5) is 0 Å². The smallest absolute Gasteiger partial charge is 0.0785 e. The van der Waals surface area contributed by atoms with Gasteiger partial charge in [0, 0.05) is 0 Å². The average molecular weight is 221 g/mol. The molecule has 16 heavy (non-hydrogen) atoms. The summed E-state index contributed by atoms with van der Waals surface area (Å²) in [4.78, 5) is 0. The molecule has 0 aromatic heterocycles.